The summed E-state index contributed by atoms with van der Waals surface area (Å²) < 4.78 is 5.79. The fraction of sp³-hybridized carbons (Fsp3) is 0.565. The number of aryl methyl sites for hydroxylation is 1. The second kappa shape index (κ2) is 8.49. The third-order valence-corrected chi connectivity index (χ3v) is 6.23. The van der Waals surface area contributed by atoms with Crippen molar-refractivity contribution >= 4 is 23.5 Å². The van der Waals surface area contributed by atoms with Gasteiger partial charge in [0.15, 0.2) is 0 Å². The minimum atomic E-state index is -0.905. The predicted molar refractivity (Wildman–Crippen MR) is 113 cm³/mol. The van der Waals surface area contributed by atoms with Crippen LogP contribution in [0.25, 0.3) is 0 Å². The van der Waals surface area contributed by atoms with Gasteiger partial charge in [-0.25, -0.2) is 0 Å². The molecule has 0 aliphatic carbocycles. The van der Waals surface area contributed by atoms with Gasteiger partial charge in [0.25, 0.3) is 0 Å². The van der Waals surface area contributed by atoms with Crippen molar-refractivity contribution in [2.75, 3.05) is 19.8 Å². The summed E-state index contributed by atoms with van der Waals surface area (Å²) in [4.78, 5) is 25.3. The Morgan fingerprint density at radius 1 is 1.34 bits per heavy atom. The molecule has 5 nitrogen and oxygen atoms in total. The molecule has 1 aromatic rings. The Labute approximate surface area is 177 Å². The Hall–Kier alpha value is -1.85. The van der Waals surface area contributed by atoms with E-state index in [2.05, 4.69) is 32.9 Å². The highest BCUT2D eigenvalue weighted by molar-refractivity contribution is 6.31. The summed E-state index contributed by atoms with van der Waals surface area (Å²) >= 11 is 6.63. The Kier molecular flexibility index (Phi) is 6.39. The summed E-state index contributed by atoms with van der Waals surface area (Å²) in [7, 11) is 0. The monoisotopic (exact) mass is 419 g/mol. The van der Waals surface area contributed by atoms with Crippen molar-refractivity contribution < 1.29 is 19.4 Å². The standard InChI is InChI=1S/C23H30ClNO4/c1-22(2,3)9-6-16-4-5-17(12-19(16)24)23-13-20(26)25(10-7-21(27)28)14-18(23)8-11-29-15-23/h4-5,12,14H,6-11,13,15H2,1-3H3,(H,27,28). The molecule has 1 N–H and O–H groups in total. The fourth-order valence-corrected chi connectivity index (χ4v) is 4.34. The van der Waals surface area contributed by atoms with Crippen LogP contribution < -0.4 is 0 Å². The second-order valence-electron chi connectivity index (χ2n) is 9.31. The lowest BCUT2D eigenvalue weighted by Gasteiger charge is -2.44. The van der Waals surface area contributed by atoms with Crippen LogP contribution >= 0.6 is 11.6 Å². The molecule has 2 heterocycles. The van der Waals surface area contributed by atoms with E-state index in [4.69, 9.17) is 21.4 Å². The molecule has 0 spiro atoms. The molecule has 1 saturated heterocycles. The Morgan fingerprint density at radius 2 is 2.10 bits per heavy atom. The molecule has 158 valence electrons. The van der Waals surface area contributed by atoms with Gasteiger partial charge in [-0.3, -0.25) is 9.59 Å². The molecule has 1 aromatic carbocycles. The summed E-state index contributed by atoms with van der Waals surface area (Å²) in [6, 6.07) is 6.14. The van der Waals surface area contributed by atoms with Crippen LogP contribution in [0.5, 0.6) is 0 Å². The van der Waals surface area contributed by atoms with Crippen molar-refractivity contribution in [3.63, 3.8) is 0 Å². The zero-order chi connectivity index (χ0) is 21.2. The minimum absolute atomic E-state index is 0.0622. The number of ether oxygens (including phenoxy) is 1. The number of halogens is 1. The van der Waals surface area contributed by atoms with E-state index in [0.29, 0.717) is 13.2 Å². The van der Waals surface area contributed by atoms with Crippen LogP contribution in [0.1, 0.15) is 57.6 Å². The first-order chi connectivity index (χ1) is 13.6. The predicted octanol–water partition coefficient (Wildman–Crippen LogP) is 4.57. The quantitative estimate of drug-likeness (QED) is 0.733. The number of amides is 1. The second-order valence-corrected chi connectivity index (χ2v) is 9.72. The first-order valence-electron chi connectivity index (χ1n) is 10.2. The third-order valence-electron chi connectivity index (χ3n) is 5.88. The lowest BCUT2D eigenvalue weighted by atomic mass is 9.68. The normalized spacial score (nSPS) is 22.3. The minimum Gasteiger partial charge on any atom is -0.481 e. The smallest absolute Gasteiger partial charge is 0.305 e. The summed E-state index contributed by atoms with van der Waals surface area (Å²) in [5.41, 5.74) is 2.96. The number of carboxylic acid groups (broad SMARTS) is 1. The molecule has 1 unspecified atom stereocenters. The SMILES string of the molecule is CC(C)(C)CCc1ccc(C23COCCC2=CN(CCC(=O)O)C(=O)C3)cc1Cl. The molecule has 1 fully saturated rings. The van der Waals surface area contributed by atoms with E-state index in [1.54, 1.807) is 4.90 Å². The highest BCUT2D eigenvalue weighted by atomic mass is 35.5. The maximum atomic E-state index is 12.8. The number of carboxylic acids is 1. The average molecular weight is 420 g/mol. The van der Waals surface area contributed by atoms with Crippen LogP contribution in [-0.2, 0) is 26.2 Å². The van der Waals surface area contributed by atoms with E-state index in [-0.39, 0.29) is 30.7 Å². The maximum Gasteiger partial charge on any atom is 0.305 e. The number of benzene rings is 1. The van der Waals surface area contributed by atoms with Gasteiger partial charge in [-0.05, 0) is 47.4 Å². The molecule has 2 aliphatic rings. The van der Waals surface area contributed by atoms with Gasteiger partial charge in [0, 0.05) is 24.2 Å². The van der Waals surface area contributed by atoms with Crippen LogP contribution in [0.3, 0.4) is 0 Å². The molecule has 3 rings (SSSR count). The summed E-state index contributed by atoms with van der Waals surface area (Å²) in [5, 5.41) is 9.68. The number of rotatable bonds is 6. The van der Waals surface area contributed by atoms with Crippen LogP contribution in [0, 0.1) is 5.41 Å². The maximum absolute atomic E-state index is 12.8. The zero-order valence-corrected chi connectivity index (χ0v) is 18.2. The first-order valence-corrected chi connectivity index (χ1v) is 10.6. The van der Waals surface area contributed by atoms with Gasteiger partial charge in [0.2, 0.25) is 5.91 Å². The van der Waals surface area contributed by atoms with Crippen LogP contribution in [0.2, 0.25) is 5.02 Å². The number of carbonyl (C=O) groups excluding carboxylic acids is 1. The summed E-state index contributed by atoms with van der Waals surface area (Å²) in [6.07, 6.45) is 4.74. The highest BCUT2D eigenvalue weighted by Gasteiger charge is 2.45. The van der Waals surface area contributed by atoms with Crippen molar-refractivity contribution in [2.45, 2.75) is 58.3 Å². The van der Waals surface area contributed by atoms with E-state index in [1.807, 2.05) is 12.3 Å². The Bertz CT molecular complexity index is 827. The largest absolute Gasteiger partial charge is 0.481 e. The number of carbonyl (C=O) groups is 2. The lowest BCUT2D eigenvalue weighted by Crippen LogP contribution is -2.48. The number of hydrogen-bond donors (Lipinski definition) is 1. The molecule has 0 aromatic heterocycles. The first kappa shape index (κ1) is 21.8. The number of nitrogens with zero attached hydrogens (tertiary/aromatic N) is 1. The molecule has 1 atom stereocenters. The number of fused-ring (bicyclic) bond motifs is 1. The Morgan fingerprint density at radius 3 is 2.76 bits per heavy atom. The van der Waals surface area contributed by atoms with Crippen molar-refractivity contribution in [1.29, 1.82) is 0 Å². The number of aliphatic carboxylic acids is 1. The third kappa shape index (κ3) is 5.01. The molecular formula is C23H30ClNO4. The molecule has 6 heteroatoms. The summed E-state index contributed by atoms with van der Waals surface area (Å²) in [6.45, 7) is 7.89. The van der Waals surface area contributed by atoms with E-state index >= 15 is 0 Å². The number of hydrogen-bond acceptors (Lipinski definition) is 3. The van der Waals surface area contributed by atoms with Gasteiger partial charge >= 0.3 is 5.97 Å². The van der Waals surface area contributed by atoms with Gasteiger partial charge in [-0.1, -0.05) is 44.5 Å². The molecule has 1 amide bonds. The lowest BCUT2D eigenvalue weighted by molar-refractivity contribution is -0.138. The average Bonchev–Trinajstić information content (AvgIpc) is 2.64. The molecule has 0 bridgehead atoms. The zero-order valence-electron chi connectivity index (χ0n) is 17.5. The van der Waals surface area contributed by atoms with E-state index in [9.17, 15) is 9.59 Å². The van der Waals surface area contributed by atoms with Crippen molar-refractivity contribution in [1.82, 2.24) is 4.90 Å². The Balaban J connectivity index is 1.89. The van der Waals surface area contributed by atoms with E-state index in [1.165, 1.54) is 0 Å². The van der Waals surface area contributed by atoms with Gasteiger partial charge < -0.3 is 14.7 Å². The molecule has 2 aliphatic heterocycles. The molecule has 0 saturated carbocycles. The highest BCUT2D eigenvalue weighted by Crippen LogP contribution is 2.44. The van der Waals surface area contributed by atoms with Crippen molar-refractivity contribution in [3.8, 4) is 0 Å². The summed E-state index contributed by atoms with van der Waals surface area (Å²) in [5.74, 6) is -0.980. The van der Waals surface area contributed by atoms with Gasteiger partial charge in [-0.15, -0.1) is 0 Å². The fourth-order valence-electron chi connectivity index (χ4n) is 4.07. The van der Waals surface area contributed by atoms with Crippen LogP contribution in [-0.4, -0.2) is 41.6 Å². The van der Waals surface area contributed by atoms with Gasteiger partial charge in [0.05, 0.1) is 25.0 Å². The van der Waals surface area contributed by atoms with Crippen molar-refractivity contribution in [2.24, 2.45) is 5.41 Å². The van der Waals surface area contributed by atoms with E-state index < -0.39 is 11.4 Å². The van der Waals surface area contributed by atoms with Crippen LogP contribution in [0.15, 0.2) is 30.0 Å². The molecule has 0 radical (unpaired) electrons. The van der Waals surface area contributed by atoms with Crippen LogP contribution in [0.4, 0.5) is 0 Å². The van der Waals surface area contributed by atoms with Gasteiger partial charge in [-0.2, -0.15) is 0 Å². The molecular weight excluding hydrogens is 390 g/mol. The van der Waals surface area contributed by atoms with Crippen molar-refractivity contribution in [3.05, 3.63) is 46.1 Å². The van der Waals surface area contributed by atoms with E-state index in [0.717, 1.165) is 41.0 Å². The van der Waals surface area contributed by atoms with Gasteiger partial charge in [0.1, 0.15) is 0 Å². The molecule has 29 heavy (non-hydrogen) atoms. The topological polar surface area (TPSA) is 66.8 Å².